The van der Waals surface area contributed by atoms with Gasteiger partial charge in [-0.05, 0) is 17.2 Å². The van der Waals surface area contributed by atoms with Crippen molar-refractivity contribution >= 4 is 12.4 Å². The van der Waals surface area contributed by atoms with E-state index in [4.69, 9.17) is 0 Å². The summed E-state index contributed by atoms with van der Waals surface area (Å²) in [5, 5.41) is 3.42. The van der Waals surface area contributed by atoms with Crippen LogP contribution in [0, 0.1) is 5.82 Å². The lowest BCUT2D eigenvalue weighted by atomic mass is 10.0. The third-order valence-electron chi connectivity index (χ3n) is 5.04. The zero-order valence-electron chi connectivity index (χ0n) is 15.3. The molecule has 0 saturated carbocycles. The van der Waals surface area contributed by atoms with Crippen LogP contribution in [-0.2, 0) is 13.6 Å². The van der Waals surface area contributed by atoms with Crippen molar-refractivity contribution in [3.63, 3.8) is 0 Å². The summed E-state index contributed by atoms with van der Waals surface area (Å²) in [5.74, 6) is 0.863. The van der Waals surface area contributed by atoms with E-state index >= 15 is 0 Å². The standard InChI is InChI=1S/C21H23FN4.ClH/c1-25-11-10-24-21(25)20-14-23-9-12-26(20)15-18-8-7-17(13-19(18)22)16-5-3-2-4-6-16;/h2-8,10-11,13,20,23H,9,12,14-15H2,1H3;1H. The Morgan fingerprint density at radius 2 is 1.96 bits per heavy atom. The first kappa shape index (κ1) is 19.5. The van der Waals surface area contributed by atoms with Gasteiger partial charge in [-0.25, -0.2) is 9.37 Å². The van der Waals surface area contributed by atoms with E-state index < -0.39 is 0 Å². The van der Waals surface area contributed by atoms with E-state index in [0.29, 0.717) is 6.54 Å². The second-order valence-electron chi connectivity index (χ2n) is 6.76. The van der Waals surface area contributed by atoms with Crippen molar-refractivity contribution in [3.8, 4) is 11.1 Å². The van der Waals surface area contributed by atoms with Crippen molar-refractivity contribution in [2.75, 3.05) is 19.6 Å². The van der Waals surface area contributed by atoms with Crippen molar-refractivity contribution in [3.05, 3.63) is 78.1 Å². The number of piperazine rings is 1. The van der Waals surface area contributed by atoms with Gasteiger partial charge in [0.1, 0.15) is 11.6 Å². The topological polar surface area (TPSA) is 33.1 Å². The fourth-order valence-electron chi connectivity index (χ4n) is 3.59. The van der Waals surface area contributed by atoms with Crippen LogP contribution >= 0.6 is 12.4 Å². The summed E-state index contributed by atoms with van der Waals surface area (Å²) in [6, 6.07) is 15.6. The number of imidazole rings is 1. The lowest BCUT2D eigenvalue weighted by molar-refractivity contribution is 0.143. The van der Waals surface area contributed by atoms with Gasteiger partial charge >= 0.3 is 0 Å². The van der Waals surface area contributed by atoms with Crippen LogP contribution in [0.4, 0.5) is 4.39 Å². The van der Waals surface area contributed by atoms with Gasteiger partial charge in [0.2, 0.25) is 0 Å². The molecule has 4 rings (SSSR count). The maximum atomic E-state index is 14.8. The molecule has 3 aromatic rings. The summed E-state index contributed by atoms with van der Waals surface area (Å²) in [7, 11) is 2.00. The highest BCUT2D eigenvalue weighted by Gasteiger charge is 2.27. The van der Waals surface area contributed by atoms with Crippen LogP contribution in [-0.4, -0.2) is 34.1 Å². The van der Waals surface area contributed by atoms with Crippen LogP contribution < -0.4 is 5.32 Å². The molecule has 0 radical (unpaired) electrons. The number of nitrogens with one attached hydrogen (secondary N) is 1. The average Bonchev–Trinajstić information content (AvgIpc) is 3.10. The number of aryl methyl sites for hydroxylation is 1. The maximum Gasteiger partial charge on any atom is 0.128 e. The Bertz CT molecular complexity index is 881. The molecular weight excluding hydrogens is 363 g/mol. The fourth-order valence-corrected chi connectivity index (χ4v) is 3.59. The van der Waals surface area contributed by atoms with Crippen LogP contribution in [0.3, 0.4) is 0 Å². The molecular formula is C21H24ClFN4. The first-order chi connectivity index (χ1) is 12.7. The molecule has 1 N–H and O–H groups in total. The third kappa shape index (κ3) is 4.21. The molecule has 1 atom stereocenters. The maximum absolute atomic E-state index is 14.8. The number of aromatic nitrogens is 2. The molecule has 0 spiro atoms. The highest BCUT2D eigenvalue weighted by Crippen LogP contribution is 2.26. The zero-order valence-corrected chi connectivity index (χ0v) is 16.1. The summed E-state index contributed by atoms with van der Waals surface area (Å²) in [6.07, 6.45) is 3.77. The van der Waals surface area contributed by atoms with Gasteiger partial charge in [0, 0.05) is 51.2 Å². The van der Waals surface area contributed by atoms with Gasteiger partial charge in [0.05, 0.1) is 6.04 Å². The number of rotatable bonds is 4. The molecule has 0 bridgehead atoms. The van der Waals surface area contributed by atoms with E-state index in [-0.39, 0.29) is 24.3 Å². The number of benzene rings is 2. The quantitative estimate of drug-likeness (QED) is 0.740. The SMILES string of the molecule is Cl.Cn1ccnc1C1CNCCN1Cc1ccc(-c2ccccc2)cc1F. The van der Waals surface area contributed by atoms with Crippen molar-refractivity contribution in [2.45, 2.75) is 12.6 Å². The molecule has 0 amide bonds. The molecule has 2 heterocycles. The minimum Gasteiger partial charge on any atom is -0.337 e. The predicted octanol–water partition coefficient (Wildman–Crippen LogP) is 3.79. The smallest absolute Gasteiger partial charge is 0.128 e. The van der Waals surface area contributed by atoms with Crippen LogP contribution in [0.2, 0.25) is 0 Å². The van der Waals surface area contributed by atoms with Crippen molar-refractivity contribution < 1.29 is 4.39 Å². The number of nitrogens with zero attached hydrogens (tertiary/aromatic N) is 3. The monoisotopic (exact) mass is 386 g/mol. The average molecular weight is 387 g/mol. The molecule has 1 fully saturated rings. The largest absolute Gasteiger partial charge is 0.337 e. The fraction of sp³-hybridized carbons (Fsp3) is 0.286. The first-order valence-electron chi connectivity index (χ1n) is 8.98. The van der Waals surface area contributed by atoms with Gasteiger partial charge in [-0.3, -0.25) is 4.90 Å². The molecule has 27 heavy (non-hydrogen) atoms. The van der Waals surface area contributed by atoms with E-state index in [1.165, 1.54) is 0 Å². The van der Waals surface area contributed by atoms with Gasteiger partial charge in [-0.15, -0.1) is 12.4 Å². The Kier molecular flexibility index (Phi) is 6.26. The Balaban J connectivity index is 0.00000210. The predicted molar refractivity (Wildman–Crippen MR) is 108 cm³/mol. The van der Waals surface area contributed by atoms with E-state index in [1.807, 2.05) is 66.5 Å². The Labute approximate surface area is 165 Å². The highest BCUT2D eigenvalue weighted by atomic mass is 35.5. The number of hydrogen-bond acceptors (Lipinski definition) is 3. The van der Waals surface area contributed by atoms with E-state index in [9.17, 15) is 4.39 Å². The second-order valence-corrected chi connectivity index (χ2v) is 6.76. The van der Waals surface area contributed by atoms with Gasteiger partial charge in [-0.2, -0.15) is 0 Å². The Morgan fingerprint density at radius 3 is 2.67 bits per heavy atom. The molecule has 6 heteroatoms. The van der Waals surface area contributed by atoms with E-state index in [1.54, 1.807) is 6.07 Å². The summed E-state index contributed by atoms with van der Waals surface area (Å²) < 4.78 is 16.8. The van der Waals surface area contributed by atoms with Crippen LogP contribution in [0.15, 0.2) is 60.9 Å². The summed E-state index contributed by atoms with van der Waals surface area (Å²) in [5.41, 5.74) is 2.67. The molecule has 142 valence electrons. The van der Waals surface area contributed by atoms with Crippen molar-refractivity contribution in [1.82, 2.24) is 19.8 Å². The van der Waals surface area contributed by atoms with Crippen LogP contribution in [0.5, 0.6) is 0 Å². The zero-order chi connectivity index (χ0) is 17.9. The summed E-state index contributed by atoms with van der Waals surface area (Å²) in [6.45, 7) is 3.19. The van der Waals surface area contributed by atoms with Crippen LogP contribution in [0.25, 0.3) is 11.1 Å². The van der Waals surface area contributed by atoms with Gasteiger partial charge < -0.3 is 9.88 Å². The molecule has 2 aromatic carbocycles. The van der Waals surface area contributed by atoms with E-state index in [2.05, 4.69) is 15.2 Å². The Morgan fingerprint density at radius 1 is 1.15 bits per heavy atom. The lowest BCUT2D eigenvalue weighted by Gasteiger charge is -2.35. The Hall–Kier alpha value is -2.21. The number of hydrogen-bond donors (Lipinski definition) is 1. The lowest BCUT2D eigenvalue weighted by Crippen LogP contribution is -2.46. The molecule has 1 aromatic heterocycles. The highest BCUT2D eigenvalue weighted by molar-refractivity contribution is 5.85. The third-order valence-corrected chi connectivity index (χ3v) is 5.04. The second kappa shape index (κ2) is 8.65. The van der Waals surface area contributed by atoms with Gasteiger partial charge in [-0.1, -0.05) is 42.5 Å². The number of halogens is 2. The van der Waals surface area contributed by atoms with Crippen molar-refractivity contribution in [1.29, 1.82) is 0 Å². The molecule has 1 aliphatic rings. The van der Waals surface area contributed by atoms with Gasteiger partial charge in [0.25, 0.3) is 0 Å². The molecule has 1 saturated heterocycles. The molecule has 1 unspecified atom stereocenters. The normalized spacial score (nSPS) is 17.5. The van der Waals surface area contributed by atoms with Crippen molar-refractivity contribution in [2.24, 2.45) is 7.05 Å². The summed E-state index contributed by atoms with van der Waals surface area (Å²) >= 11 is 0. The molecule has 1 aliphatic heterocycles. The minimum atomic E-state index is -0.150. The molecule has 0 aliphatic carbocycles. The molecule has 4 nitrogen and oxygen atoms in total. The summed E-state index contributed by atoms with van der Waals surface area (Å²) in [4.78, 5) is 6.80. The van der Waals surface area contributed by atoms with Gasteiger partial charge in [0.15, 0.2) is 0 Å². The first-order valence-corrected chi connectivity index (χ1v) is 8.98. The van der Waals surface area contributed by atoms with Crippen LogP contribution in [0.1, 0.15) is 17.4 Å². The minimum absolute atomic E-state index is 0. The van der Waals surface area contributed by atoms with E-state index in [0.717, 1.165) is 42.1 Å².